The van der Waals surface area contributed by atoms with Crippen molar-refractivity contribution in [1.29, 1.82) is 0 Å². The monoisotopic (exact) mass is 410 g/mol. The zero-order valence-electron chi connectivity index (χ0n) is 12.4. The van der Waals surface area contributed by atoms with Gasteiger partial charge in [0.05, 0.1) is 37.1 Å². The maximum Gasteiger partial charge on any atom is 0.320 e. The van der Waals surface area contributed by atoms with E-state index in [-0.39, 0.29) is 12.4 Å². The van der Waals surface area contributed by atoms with E-state index in [0.29, 0.717) is 31.4 Å². The summed E-state index contributed by atoms with van der Waals surface area (Å²) < 4.78 is 23.1. The lowest BCUT2D eigenvalue weighted by Gasteiger charge is -2.27. The average molecular weight is 412 g/mol. The number of nitrogens with zero attached hydrogens (tertiary/aromatic N) is 1. The van der Waals surface area contributed by atoms with Gasteiger partial charge >= 0.3 is 7.82 Å². The number of benzene rings is 1. The molecule has 1 aromatic heterocycles. The van der Waals surface area contributed by atoms with Gasteiger partial charge in [0.15, 0.2) is 5.75 Å². The smallest absolute Gasteiger partial charge is 0.320 e. The van der Waals surface area contributed by atoms with Gasteiger partial charge in [-0.1, -0.05) is 11.6 Å². The van der Waals surface area contributed by atoms with Crippen LogP contribution in [0.25, 0.3) is 10.9 Å². The van der Waals surface area contributed by atoms with E-state index in [1.807, 2.05) is 21.1 Å². The number of phosphoric acid groups is 1. The first kappa shape index (κ1) is 17.8. The molecule has 0 bridgehead atoms. The van der Waals surface area contributed by atoms with Gasteiger partial charge in [-0.3, -0.25) is 4.57 Å². The van der Waals surface area contributed by atoms with Gasteiger partial charge in [-0.25, -0.2) is 0 Å². The molecule has 0 amide bonds. The molecule has 0 saturated carbocycles. The van der Waals surface area contributed by atoms with Crippen molar-refractivity contribution in [3.63, 3.8) is 0 Å². The fourth-order valence-electron chi connectivity index (χ4n) is 1.77. The lowest BCUT2D eigenvalue weighted by Crippen LogP contribution is -2.37. The van der Waals surface area contributed by atoms with Crippen LogP contribution in [0.3, 0.4) is 0 Å². The van der Waals surface area contributed by atoms with E-state index >= 15 is 0 Å². The SMILES string of the molecule is C[N+](C)(C)CCOP(=O)([O-])Oc1c[nH]c2ccc(Br)c(Cl)c12. The van der Waals surface area contributed by atoms with Crippen molar-refractivity contribution in [2.24, 2.45) is 0 Å². The number of aromatic amines is 1. The molecule has 0 aliphatic carbocycles. The van der Waals surface area contributed by atoms with Crippen LogP contribution in [0, 0.1) is 0 Å². The molecule has 0 aliphatic heterocycles. The number of hydrogen-bond acceptors (Lipinski definition) is 4. The second-order valence-electron chi connectivity index (χ2n) is 5.82. The highest BCUT2D eigenvalue weighted by Crippen LogP contribution is 2.45. The van der Waals surface area contributed by atoms with Crippen LogP contribution in [0.5, 0.6) is 5.75 Å². The Morgan fingerprint density at radius 3 is 2.73 bits per heavy atom. The number of H-pyrrole nitrogens is 1. The van der Waals surface area contributed by atoms with Crippen LogP contribution in [0.2, 0.25) is 5.02 Å². The predicted octanol–water partition coefficient (Wildman–Crippen LogP) is 3.15. The van der Waals surface area contributed by atoms with E-state index in [1.54, 1.807) is 12.1 Å². The van der Waals surface area contributed by atoms with Crippen LogP contribution >= 0.6 is 35.4 Å². The molecule has 2 aromatic rings. The van der Waals surface area contributed by atoms with Gasteiger partial charge in [-0.15, -0.1) is 0 Å². The molecule has 6 nitrogen and oxygen atoms in total. The summed E-state index contributed by atoms with van der Waals surface area (Å²) in [7, 11) is 1.36. The van der Waals surface area contributed by atoms with Gasteiger partial charge in [0, 0.05) is 10.7 Å². The lowest BCUT2D eigenvalue weighted by molar-refractivity contribution is -0.870. The second kappa shape index (κ2) is 6.51. The molecule has 122 valence electrons. The zero-order valence-corrected chi connectivity index (χ0v) is 15.7. The summed E-state index contributed by atoms with van der Waals surface area (Å²) in [5.41, 5.74) is 0.676. The molecule has 1 atom stereocenters. The van der Waals surface area contributed by atoms with Crippen molar-refractivity contribution >= 4 is 46.3 Å². The topological polar surface area (TPSA) is 74.4 Å². The Morgan fingerprint density at radius 1 is 1.41 bits per heavy atom. The molecule has 0 saturated heterocycles. The van der Waals surface area contributed by atoms with Gasteiger partial charge in [0.1, 0.15) is 13.2 Å². The van der Waals surface area contributed by atoms with Crippen LogP contribution in [0.15, 0.2) is 22.8 Å². The Kier molecular flexibility index (Phi) is 5.27. The number of phosphoric ester groups is 1. The molecule has 0 aliphatic rings. The predicted molar refractivity (Wildman–Crippen MR) is 88.1 cm³/mol. The number of fused-ring (bicyclic) bond motifs is 1. The Bertz CT molecular complexity index is 729. The van der Waals surface area contributed by atoms with E-state index in [0.717, 1.165) is 0 Å². The van der Waals surface area contributed by atoms with E-state index in [9.17, 15) is 9.46 Å². The van der Waals surface area contributed by atoms with Crippen LogP contribution in [0.1, 0.15) is 0 Å². The number of hydrogen-bond donors (Lipinski definition) is 1. The van der Waals surface area contributed by atoms with Gasteiger partial charge in [0.2, 0.25) is 0 Å². The van der Waals surface area contributed by atoms with Crippen molar-refractivity contribution < 1.29 is 23.0 Å². The minimum Gasteiger partial charge on any atom is -0.746 e. The third-order valence-electron chi connectivity index (χ3n) is 2.92. The Balaban J connectivity index is 2.16. The molecule has 9 heteroatoms. The largest absolute Gasteiger partial charge is 0.746 e. The standard InChI is InChI=1S/C13H17BrClN2O4P/c1-17(2,3)6-7-20-22(18,19)21-11-8-16-10-5-4-9(14)13(15)12(10)11/h4-5,8,16H,6-7H2,1-3H3. The van der Waals surface area contributed by atoms with E-state index < -0.39 is 7.82 Å². The van der Waals surface area contributed by atoms with Crippen molar-refractivity contribution in [1.82, 2.24) is 4.98 Å². The summed E-state index contributed by atoms with van der Waals surface area (Å²) in [5.74, 6) is 0.116. The Morgan fingerprint density at radius 2 is 2.09 bits per heavy atom. The minimum absolute atomic E-state index is 0.0457. The number of likely N-dealkylation sites (N-methyl/N-ethyl adjacent to an activating group) is 1. The fourth-order valence-corrected chi connectivity index (χ4v) is 3.10. The van der Waals surface area contributed by atoms with Gasteiger partial charge in [0.25, 0.3) is 0 Å². The molecule has 1 aromatic carbocycles. The normalized spacial score (nSPS) is 15.0. The minimum atomic E-state index is -4.46. The molecular weight excluding hydrogens is 394 g/mol. The van der Waals surface area contributed by atoms with Crippen molar-refractivity contribution in [3.8, 4) is 5.75 Å². The summed E-state index contributed by atoms with van der Waals surface area (Å²) >= 11 is 9.48. The number of aromatic nitrogens is 1. The van der Waals surface area contributed by atoms with Crippen molar-refractivity contribution in [2.45, 2.75) is 0 Å². The van der Waals surface area contributed by atoms with Crippen LogP contribution in [0.4, 0.5) is 0 Å². The average Bonchev–Trinajstić information content (AvgIpc) is 2.75. The molecule has 0 fully saturated rings. The highest BCUT2D eigenvalue weighted by molar-refractivity contribution is 9.10. The maximum atomic E-state index is 11.9. The molecule has 0 spiro atoms. The van der Waals surface area contributed by atoms with Crippen LogP contribution in [-0.4, -0.2) is 43.8 Å². The fraction of sp³-hybridized carbons (Fsp3) is 0.385. The van der Waals surface area contributed by atoms with Crippen LogP contribution < -0.4 is 9.42 Å². The maximum absolute atomic E-state index is 11.9. The van der Waals surface area contributed by atoms with E-state index in [2.05, 4.69) is 20.9 Å². The highest BCUT2D eigenvalue weighted by Gasteiger charge is 2.18. The third-order valence-corrected chi connectivity index (χ3v) is 5.12. The molecule has 0 radical (unpaired) electrons. The molecular formula is C13H17BrClN2O4P. The van der Waals surface area contributed by atoms with Crippen molar-refractivity contribution in [3.05, 3.63) is 27.8 Å². The van der Waals surface area contributed by atoms with Gasteiger partial charge < -0.3 is 23.4 Å². The van der Waals surface area contributed by atoms with Gasteiger partial charge in [-0.2, -0.15) is 0 Å². The highest BCUT2D eigenvalue weighted by atomic mass is 79.9. The van der Waals surface area contributed by atoms with E-state index in [1.165, 1.54) is 6.20 Å². The summed E-state index contributed by atoms with van der Waals surface area (Å²) in [4.78, 5) is 14.8. The molecule has 1 heterocycles. The first-order chi connectivity index (χ1) is 10.1. The van der Waals surface area contributed by atoms with Gasteiger partial charge in [-0.05, 0) is 28.1 Å². The second-order valence-corrected chi connectivity index (χ2v) is 8.39. The first-order valence-corrected chi connectivity index (χ1v) is 9.13. The molecule has 2 rings (SSSR count). The summed E-state index contributed by atoms with van der Waals surface area (Å²) in [6.07, 6.45) is 1.44. The number of nitrogens with one attached hydrogen (secondary N) is 1. The van der Waals surface area contributed by atoms with E-state index in [4.69, 9.17) is 20.6 Å². The van der Waals surface area contributed by atoms with Crippen molar-refractivity contribution in [2.75, 3.05) is 34.3 Å². The molecule has 1 N–H and O–H groups in total. The number of rotatable bonds is 6. The molecule has 1 unspecified atom stereocenters. The Hall–Kier alpha value is -0.560. The number of halogens is 2. The summed E-state index contributed by atoms with van der Waals surface area (Å²) in [6, 6.07) is 3.53. The number of quaternary nitrogens is 1. The third kappa shape index (κ3) is 4.47. The zero-order chi connectivity index (χ0) is 16.5. The Labute approximate surface area is 142 Å². The quantitative estimate of drug-likeness (QED) is 0.585. The lowest BCUT2D eigenvalue weighted by atomic mass is 10.2. The van der Waals surface area contributed by atoms with Crippen LogP contribution in [-0.2, 0) is 9.09 Å². The first-order valence-electron chi connectivity index (χ1n) is 6.50. The summed E-state index contributed by atoms with van der Waals surface area (Å²) in [5, 5.41) is 0.863. The summed E-state index contributed by atoms with van der Waals surface area (Å²) in [6.45, 7) is 0.583. The molecule has 22 heavy (non-hydrogen) atoms.